The molecule has 0 unspecified atom stereocenters. The van der Waals surface area contributed by atoms with Gasteiger partial charge in [-0.1, -0.05) is 117 Å². The normalized spacial score (nSPS) is 12.5. The molecule has 0 atom stereocenters. The first-order valence-corrected chi connectivity index (χ1v) is 25.2. The summed E-state index contributed by atoms with van der Waals surface area (Å²) in [5.41, 5.74) is 5.42. The summed E-state index contributed by atoms with van der Waals surface area (Å²) in [7, 11) is -4.38. The standard InChI is InChI=1S/C32H69O3P.C12H27N/c1-3-5-7-9-11-13-15-17-19-21-23-25-27-29-31-36(33,34,35)32-30-28-26-24-22-20-18-16-14-12-10-8-6-4-2;1-2-3-4-5-6-7-8-9-10-11-12-13/h33-35H,3-32H2,1-2H3;2-13H2,1H3. The minimum atomic E-state index is -4.38. The van der Waals surface area contributed by atoms with Crippen LogP contribution in [0.2, 0.25) is 0 Å². The van der Waals surface area contributed by atoms with Gasteiger partial charge >= 0.3 is 176 Å². The molecule has 0 aliphatic carbocycles. The molecule has 300 valence electrons. The molecule has 0 aromatic carbocycles. The van der Waals surface area contributed by atoms with Crippen LogP contribution in [-0.4, -0.2) is 33.5 Å². The van der Waals surface area contributed by atoms with Crippen molar-refractivity contribution in [3.63, 3.8) is 0 Å². The third-order valence-corrected chi connectivity index (χ3v) is 13.0. The van der Waals surface area contributed by atoms with Gasteiger partial charge in [-0.2, -0.15) is 0 Å². The number of rotatable bonds is 40. The van der Waals surface area contributed by atoms with Gasteiger partial charge in [-0.15, -0.1) is 0 Å². The Balaban J connectivity index is 0. The quantitative estimate of drug-likeness (QED) is 0.0375. The first kappa shape index (κ1) is 51.4. The number of nitrogens with two attached hydrogens (primary N) is 1. The average Bonchev–Trinajstić information content (AvgIpc) is 3.08. The molecule has 49 heavy (non-hydrogen) atoms. The molecule has 0 aromatic rings. The molecule has 0 fully saturated rings. The Morgan fingerprint density at radius 2 is 0.429 bits per heavy atom. The van der Waals surface area contributed by atoms with Gasteiger partial charge in [0.25, 0.3) is 0 Å². The van der Waals surface area contributed by atoms with Gasteiger partial charge in [-0.25, -0.2) is 0 Å². The molecule has 0 aromatic heterocycles. The fourth-order valence-electron chi connectivity index (χ4n) is 7.00. The Morgan fingerprint density at radius 1 is 0.265 bits per heavy atom. The van der Waals surface area contributed by atoms with Gasteiger partial charge in [0.2, 0.25) is 0 Å². The van der Waals surface area contributed by atoms with E-state index >= 15 is 0 Å². The summed E-state index contributed by atoms with van der Waals surface area (Å²) in [6, 6.07) is 0. The summed E-state index contributed by atoms with van der Waals surface area (Å²) < 4.78 is 0. The summed E-state index contributed by atoms with van der Waals surface area (Å²) in [6.07, 6.45) is 50.2. The fourth-order valence-corrected chi connectivity index (χ4v) is 8.97. The van der Waals surface area contributed by atoms with Crippen molar-refractivity contribution in [1.29, 1.82) is 0 Å². The Labute approximate surface area is 310 Å². The van der Waals surface area contributed by atoms with E-state index in [1.807, 2.05) is 0 Å². The molecule has 0 radical (unpaired) electrons. The molecule has 0 amide bonds. The molecule has 0 saturated carbocycles. The van der Waals surface area contributed by atoms with Crippen molar-refractivity contribution >= 4 is 7.28 Å². The van der Waals surface area contributed by atoms with Gasteiger partial charge < -0.3 is 5.73 Å². The molecule has 0 spiro atoms. The van der Waals surface area contributed by atoms with E-state index in [1.54, 1.807) is 0 Å². The maximum absolute atomic E-state index is 10.4. The Morgan fingerprint density at radius 3 is 0.612 bits per heavy atom. The van der Waals surface area contributed by atoms with Crippen LogP contribution in [0.4, 0.5) is 0 Å². The molecule has 4 nitrogen and oxygen atoms in total. The Hall–Kier alpha value is 0.270. The van der Waals surface area contributed by atoms with Gasteiger partial charge in [0.15, 0.2) is 0 Å². The summed E-state index contributed by atoms with van der Waals surface area (Å²) in [6.45, 7) is 7.69. The predicted molar refractivity (Wildman–Crippen MR) is 225 cm³/mol. The van der Waals surface area contributed by atoms with Gasteiger partial charge in [0.05, 0.1) is 0 Å². The van der Waals surface area contributed by atoms with Crippen LogP contribution in [0.3, 0.4) is 0 Å². The topological polar surface area (TPSA) is 86.7 Å². The van der Waals surface area contributed by atoms with E-state index in [4.69, 9.17) is 5.73 Å². The average molecular weight is 718 g/mol. The van der Waals surface area contributed by atoms with Crippen LogP contribution in [0.5, 0.6) is 0 Å². The Bertz CT molecular complexity index is 548. The van der Waals surface area contributed by atoms with E-state index in [9.17, 15) is 14.7 Å². The molecule has 0 aliphatic heterocycles. The molecule has 5 N–H and O–H groups in total. The van der Waals surface area contributed by atoms with Crippen LogP contribution < -0.4 is 5.73 Å². The second-order valence-electron chi connectivity index (χ2n) is 16.0. The van der Waals surface area contributed by atoms with E-state index < -0.39 is 7.28 Å². The smallest absolute Gasteiger partial charge is 0.330 e. The van der Waals surface area contributed by atoms with Crippen molar-refractivity contribution in [2.24, 2.45) is 5.73 Å². The molecule has 0 saturated heterocycles. The van der Waals surface area contributed by atoms with E-state index in [2.05, 4.69) is 20.8 Å². The summed E-state index contributed by atoms with van der Waals surface area (Å²) in [5, 5.41) is 0. The second-order valence-corrected chi connectivity index (χ2v) is 19.5. The molecule has 0 rings (SSSR count). The van der Waals surface area contributed by atoms with Crippen LogP contribution in [0, 0.1) is 0 Å². The summed E-state index contributed by atoms with van der Waals surface area (Å²) >= 11 is 0. The van der Waals surface area contributed by atoms with Crippen molar-refractivity contribution in [2.75, 3.05) is 18.9 Å². The maximum atomic E-state index is 10.4. The van der Waals surface area contributed by atoms with E-state index in [0.717, 1.165) is 45.1 Å². The van der Waals surface area contributed by atoms with Crippen LogP contribution in [-0.2, 0) is 0 Å². The van der Waals surface area contributed by atoms with Gasteiger partial charge in [0.1, 0.15) is 0 Å². The monoisotopic (exact) mass is 718 g/mol. The van der Waals surface area contributed by atoms with Crippen LogP contribution >= 0.6 is 7.28 Å². The molecule has 5 heteroatoms. The first-order chi connectivity index (χ1) is 23.8. The Kier molecular flexibility index (Phi) is 43.0. The van der Waals surface area contributed by atoms with Gasteiger partial charge in [0, 0.05) is 0 Å². The van der Waals surface area contributed by atoms with Crippen LogP contribution in [0.25, 0.3) is 0 Å². The number of unbranched alkanes of at least 4 members (excludes halogenated alkanes) is 35. The zero-order chi connectivity index (χ0) is 36.4. The van der Waals surface area contributed by atoms with Gasteiger partial charge in [-0.05, 0) is 13.0 Å². The zero-order valence-corrected chi connectivity index (χ0v) is 35.3. The molecule has 0 bridgehead atoms. The van der Waals surface area contributed by atoms with Crippen molar-refractivity contribution in [3.8, 4) is 0 Å². The number of hydrogen-bond donors (Lipinski definition) is 4. The van der Waals surface area contributed by atoms with Crippen LogP contribution in [0.1, 0.15) is 265 Å². The molecular formula is C44H96NO3P. The van der Waals surface area contributed by atoms with Crippen molar-refractivity contribution in [2.45, 2.75) is 265 Å². The summed E-state index contributed by atoms with van der Waals surface area (Å²) in [4.78, 5) is 31.2. The molecular weight excluding hydrogens is 621 g/mol. The number of hydrogen-bond acceptors (Lipinski definition) is 4. The minimum Gasteiger partial charge on any atom is -0.330 e. The fraction of sp³-hybridized carbons (Fsp3) is 1.00. The third-order valence-electron chi connectivity index (χ3n) is 10.5. The molecule has 0 heterocycles. The van der Waals surface area contributed by atoms with Crippen LogP contribution in [0.15, 0.2) is 0 Å². The van der Waals surface area contributed by atoms with Gasteiger partial charge in [-0.3, -0.25) is 0 Å². The second kappa shape index (κ2) is 41.0. The predicted octanol–water partition coefficient (Wildman–Crippen LogP) is 15.1. The first-order valence-electron chi connectivity index (χ1n) is 22.8. The minimum absolute atomic E-state index is 0.210. The SMILES string of the molecule is CCCCCCCCCCCCCCCCP(O)(O)(O)CCCCCCCCCCCCCCCC.CCCCCCCCCCCCN. The van der Waals surface area contributed by atoms with E-state index in [0.29, 0.717) is 0 Å². The third kappa shape index (κ3) is 48.3. The molecule has 0 aliphatic rings. The van der Waals surface area contributed by atoms with Crippen molar-refractivity contribution < 1.29 is 14.7 Å². The zero-order valence-electron chi connectivity index (χ0n) is 34.4. The van der Waals surface area contributed by atoms with Crippen molar-refractivity contribution in [3.05, 3.63) is 0 Å². The summed E-state index contributed by atoms with van der Waals surface area (Å²) in [5.74, 6) is 0. The van der Waals surface area contributed by atoms with Crippen molar-refractivity contribution in [1.82, 2.24) is 0 Å². The van der Waals surface area contributed by atoms with E-state index in [1.165, 1.54) is 205 Å². The van der Waals surface area contributed by atoms with E-state index in [-0.39, 0.29) is 12.3 Å².